The summed E-state index contributed by atoms with van der Waals surface area (Å²) < 4.78 is 64.4. The molecule has 1 aromatic heterocycles. The molecule has 628 valence electrons. The number of aromatic nitrogens is 2. The van der Waals surface area contributed by atoms with Crippen LogP contribution in [0.4, 0.5) is 5.82 Å². The minimum Gasteiger partial charge on any atom is -0.544 e. The lowest BCUT2D eigenvalue weighted by molar-refractivity contribution is -0.421. The summed E-state index contributed by atoms with van der Waals surface area (Å²) in [7, 11) is 0. The molecule has 1 aromatic carbocycles. The maximum absolute atomic E-state index is 13.7. The molecule has 5 saturated heterocycles. The van der Waals surface area contributed by atoms with E-state index in [4.69, 9.17) is 63.6 Å². The Balaban J connectivity index is 0.0000189. The molecule has 24 N–H and O–H groups in total. The molecule has 40 nitrogen and oxygen atoms in total. The topological polar surface area (TPSA) is 648 Å². The van der Waals surface area contributed by atoms with Gasteiger partial charge in [-0.3, -0.25) is 19.2 Å². The summed E-state index contributed by atoms with van der Waals surface area (Å²) >= 11 is 6.04. The van der Waals surface area contributed by atoms with E-state index in [1.807, 2.05) is 0 Å². The molecule has 2 aromatic rings. The Bertz CT molecular complexity index is 3120. The molecule has 0 radical (unpaired) electrons. The van der Waals surface area contributed by atoms with Crippen molar-refractivity contribution in [2.45, 2.75) is 301 Å². The molecule has 6 heterocycles. The average Bonchev–Trinajstić information content (AvgIpc) is 0.846. The standard InChI is InChI=1S/C69H109ClN6O33.H3N/c1-4-5-6-7-8-9-10-11-12-13-14-15-16-17-18-19-45(87)73-37(38(84)24-25-46(88)74-63-47(75-109-76-63)35-20-22-36(70)23-21-35)32-99-65-56(95)54(93)58(43(30-80)102-65)104-67-57(96)62(108-69(68(97)98)26-39(85)48(71-33(2)82)61(107-69)50(89)40(86)27-77)59(44(31-81)103-67)105-64-49(72-34(3)83)60(52(91)42(29-79)100-64)106-66-55(94)53(92)51(90)41(28-78)101-66;/h20-25,37-44,48-62,64-67,77-81,84-86,89-96H,4-19,26-32H2,1-3H3,(H,71,82)(H,72,83)(H,73,87)(H,97,98)(H,74,76,88);1H3/b25-24+;/t37-,38+,39-,40+,41+,42+,43+,44+,48?,49+,50+,51-,52-,53-,54+,55+,56+,57+,58+,59-,60+,61?,62+,64-,65+,66-,67-,69-;/m0./s1. The minimum atomic E-state index is -3.54. The van der Waals surface area contributed by atoms with Crippen LogP contribution in [0.3, 0.4) is 0 Å². The number of amides is 4. The summed E-state index contributed by atoms with van der Waals surface area (Å²) in [6.07, 6.45) is -34.6. The number of quaternary nitrogens is 1. The van der Waals surface area contributed by atoms with Gasteiger partial charge < -0.3 is 166 Å². The number of carboxylic acids is 1. The number of unbranched alkanes of at least 4 members (excludes halogenated alkanes) is 14. The van der Waals surface area contributed by atoms with E-state index in [-0.39, 0.29) is 24.1 Å². The van der Waals surface area contributed by atoms with Crippen LogP contribution in [0.1, 0.15) is 130 Å². The number of aliphatic carboxylic acids is 1. The monoisotopic (exact) mass is 1600 g/mol. The second kappa shape index (κ2) is 45.7. The number of ether oxygens (including phenoxy) is 10. The lowest BCUT2D eigenvalue weighted by Crippen LogP contribution is -2.73. The number of hydrogen-bond donors (Lipinski definition) is 21. The van der Waals surface area contributed by atoms with Crippen molar-refractivity contribution in [3.05, 3.63) is 41.4 Å². The molecule has 2 unspecified atom stereocenters. The number of aliphatic hydroxyl groups is 16. The fourth-order valence-corrected chi connectivity index (χ4v) is 13.7. The minimum absolute atomic E-state index is 0. The molecular formula is C69H112ClN7O33. The first-order valence-electron chi connectivity index (χ1n) is 36.8. The SMILES string of the molecule is CCCCCCCCCCCCCCCCCC(=O)N[C@@H](CO[C@@H]1O[C@H](CO)[C@@H](O[C@@H]2O[C@H](CO)[C@H](O[C@@H]3O[C@H](CO)[C@H](O)[C@H](O[C@@H]4O[C@H](CO)[C@H](O)[C@H](O)[C@H]4O)[C@H]3NC(C)=O)[C@H](O[C@]3(C(=O)[O-])C[C@H](O)C(NC(C)=O)C([C@H](O)[C@H](O)CO)O3)[C@H]2O)[C@H](O)[C@H]1O)[C@H](O)/C=C/C(=O)Nc1nonc1-c1ccc(Cl)cc1.[NH4+]. The Morgan fingerprint density at radius 1 is 0.609 bits per heavy atom. The summed E-state index contributed by atoms with van der Waals surface area (Å²) in [5.41, 5.74) is 0.603. The molecule has 7 rings (SSSR count). The van der Waals surface area contributed by atoms with Crippen LogP contribution in [0.25, 0.3) is 11.3 Å². The normalized spacial score (nSPS) is 33.8. The third-order valence-electron chi connectivity index (χ3n) is 19.6. The van der Waals surface area contributed by atoms with Crippen LogP contribution in [-0.4, -0.2) is 332 Å². The third kappa shape index (κ3) is 25.3. The molecule has 0 spiro atoms. The molecule has 0 aliphatic carbocycles. The molecule has 4 amide bonds. The van der Waals surface area contributed by atoms with Gasteiger partial charge in [0.15, 0.2) is 30.9 Å². The summed E-state index contributed by atoms with van der Waals surface area (Å²) in [5, 5.41) is 209. The first-order valence-corrected chi connectivity index (χ1v) is 37.1. The molecular weight excluding hydrogens is 1490 g/mol. The van der Waals surface area contributed by atoms with Crippen molar-refractivity contribution < 1.29 is 163 Å². The predicted molar refractivity (Wildman–Crippen MR) is 374 cm³/mol. The van der Waals surface area contributed by atoms with E-state index < -0.39 is 247 Å². The highest BCUT2D eigenvalue weighted by Crippen LogP contribution is 2.41. The molecule has 110 heavy (non-hydrogen) atoms. The number of anilines is 1. The fourth-order valence-electron chi connectivity index (χ4n) is 13.6. The number of carbonyl (C=O) groups excluding carboxylic acids is 5. The van der Waals surface area contributed by atoms with Gasteiger partial charge in [-0.2, -0.15) is 0 Å². The van der Waals surface area contributed by atoms with E-state index in [1.165, 1.54) is 51.4 Å². The first kappa shape index (κ1) is 93.5. The van der Waals surface area contributed by atoms with E-state index in [1.54, 1.807) is 24.3 Å². The lowest BCUT2D eigenvalue weighted by Gasteiger charge is -2.54. The van der Waals surface area contributed by atoms with Gasteiger partial charge in [0.2, 0.25) is 35.2 Å². The van der Waals surface area contributed by atoms with Crippen LogP contribution >= 0.6 is 11.6 Å². The van der Waals surface area contributed by atoms with Gasteiger partial charge in [0, 0.05) is 43.4 Å². The molecule has 5 fully saturated rings. The predicted octanol–water partition coefficient (Wildman–Crippen LogP) is -5.36. The summed E-state index contributed by atoms with van der Waals surface area (Å²) in [6, 6.07) is 1.11. The van der Waals surface area contributed by atoms with E-state index >= 15 is 0 Å². The quantitative estimate of drug-likeness (QED) is 0.0218. The van der Waals surface area contributed by atoms with Crippen LogP contribution in [0.5, 0.6) is 0 Å². The summed E-state index contributed by atoms with van der Waals surface area (Å²) in [6.45, 7) is -2.46. The van der Waals surface area contributed by atoms with Gasteiger partial charge in [0.25, 0.3) is 0 Å². The number of benzene rings is 1. The maximum Gasteiger partial charge on any atom is 0.249 e. The number of nitrogens with zero attached hydrogens (tertiary/aromatic N) is 2. The third-order valence-corrected chi connectivity index (χ3v) is 19.8. The number of aliphatic hydroxyl groups excluding tert-OH is 16. The number of hydrogen-bond acceptors (Lipinski definition) is 35. The van der Waals surface area contributed by atoms with Crippen molar-refractivity contribution in [1.82, 2.24) is 32.4 Å². The van der Waals surface area contributed by atoms with Crippen molar-refractivity contribution in [1.29, 1.82) is 0 Å². The van der Waals surface area contributed by atoms with Crippen LogP contribution in [0.2, 0.25) is 5.02 Å². The highest BCUT2D eigenvalue weighted by molar-refractivity contribution is 6.30. The first-order chi connectivity index (χ1) is 52.0. The molecule has 0 saturated carbocycles. The van der Waals surface area contributed by atoms with Gasteiger partial charge in [0.1, 0.15) is 122 Å². The van der Waals surface area contributed by atoms with Gasteiger partial charge in [-0.25, -0.2) is 4.63 Å². The highest BCUT2D eigenvalue weighted by atomic mass is 35.5. The molecule has 28 atom stereocenters. The molecule has 5 aliphatic heterocycles. The van der Waals surface area contributed by atoms with Crippen molar-refractivity contribution in [2.24, 2.45) is 0 Å². The second-order valence-electron chi connectivity index (χ2n) is 27.8. The summed E-state index contributed by atoms with van der Waals surface area (Å²) in [5.74, 6) is -9.35. The zero-order valence-corrected chi connectivity index (χ0v) is 62.4. The average molecular weight is 1600 g/mol. The van der Waals surface area contributed by atoms with Gasteiger partial charge >= 0.3 is 0 Å². The largest absolute Gasteiger partial charge is 0.544 e. The Morgan fingerprint density at radius 2 is 1.12 bits per heavy atom. The van der Waals surface area contributed by atoms with Crippen LogP contribution in [0, 0.1) is 0 Å². The number of carbonyl (C=O) groups is 5. The zero-order chi connectivity index (χ0) is 79.8. The van der Waals surface area contributed by atoms with Gasteiger partial charge in [-0.15, -0.1) is 0 Å². The van der Waals surface area contributed by atoms with E-state index in [0.29, 0.717) is 23.4 Å². The van der Waals surface area contributed by atoms with Gasteiger partial charge in [-0.1, -0.05) is 121 Å². The summed E-state index contributed by atoms with van der Waals surface area (Å²) in [4.78, 5) is 66.2. The van der Waals surface area contributed by atoms with Crippen LogP contribution in [0.15, 0.2) is 41.0 Å². The van der Waals surface area contributed by atoms with E-state index in [2.05, 4.69) is 38.5 Å². The smallest absolute Gasteiger partial charge is 0.249 e. The Kier molecular flexibility index (Phi) is 38.8. The van der Waals surface area contributed by atoms with Crippen LogP contribution < -0.4 is 32.5 Å². The van der Waals surface area contributed by atoms with Gasteiger partial charge in [-0.05, 0) is 34.9 Å². The van der Waals surface area contributed by atoms with E-state index in [9.17, 15) is 111 Å². The molecule has 41 heteroatoms. The highest BCUT2D eigenvalue weighted by Gasteiger charge is 2.61. The number of nitrogens with one attached hydrogen (secondary N) is 4. The Hall–Kier alpha value is -5.34. The van der Waals surface area contributed by atoms with Gasteiger partial charge in [0.05, 0.1) is 63.9 Å². The number of rotatable bonds is 43. The second-order valence-corrected chi connectivity index (χ2v) is 28.3. The Labute approximate surface area is 638 Å². The number of halogens is 1. The lowest BCUT2D eigenvalue weighted by atomic mass is 9.88. The van der Waals surface area contributed by atoms with Crippen molar-refractivity contribution in [2.75, 3.05) is 45.0 Å². The fraction of sp³-hybridized carbons (Fsp3) is 0.783. The van der Waals surface area contributed by atoms with Crippen molar-refractivity contribution in [3.8, 4) is 11.3 Å². The Morgan fingerprint density at radius 3 is 1.69 bits per heavy atom. The zero-order valence-electron chi connectivity index (χ0n) is 61.7. The number of carboxylic acid groups (broad SMARTS) is 1. The molecule has 5 aliphatic rings. The van der Waals surface area contributed by atoms with Crippen molar-refractivity contribution >= 4 is 47.0 Å². The maximum atomic E-state index is 13.7. The van der Waals surface area contributed by atoms with Crippen molar-refractivity contribution in [3.63, 3.8) is 0 Å². The van der Waals surface area contributed by atoms with E-state index in [0.717, 1.165) is 58.1 Å². The molecule has 0 bridgehead atoms. The van der Waals surface area contributed by atoms with Crippen LogP contribution in [-0.2, 0) is 71.3 Å².